The van der Waals surface area contributed by atoms with Crippen LogP contribution in [0.4, 0.5) is 4.39 Å². The molecule has 14 heteroatoms. The highest BCUT2D eigenvalue weighted by Gasteiger charge is 2.57. The molecule has 1 saturated carbocycles. The Labute approximate surface area is 363 Å². The second-order valence-corrected chi connectivity index (χ2v) is 18.8. The summed E-state index contributed by atoms with van der Waals surface area (Å²) >= 11 is 0. The molecule has 1 amide bonds. The van der Waals surface area contributed by atoms with Crippen LogP contribution in [0.3, 0.4) is 0 Å². The van der Waals surface area contributed by atoms with Crippen LogP contribution in [-0.4, -0.2) is 127 Å². The molecule has 4 N–H and O–H groups in total. The fourth-order valence-corrected chi connectivity index (χ4v) is 9.68. The van der Waals surface area contributed by atoms with Gasteiger partial charge in [-0.1, -0.05) is 60.1 Å². The highest BCUT2D eigenvalue weighted by molar-refractivity contribution is 6.39. The summed E-state index contributed by atoms with van der Waals surface area (Å²) in [6.45, 7) is 15.2. The van der Waals surface area contributed by atoms with Crippen molar-refractivity contribution in [3.05, 3.63) is 23.3 Å². The van der Waals surface area contributed by atoms with Gasteiger partial charge in [0.05, 0.1) is 24.4 Å². The molecular formula is C47H77FN2O11. The predicted octanol–water partition coefficient (Wildman–Crippen LogP) is 5.80. The standard InChI is InChI=1S/C47H77FN2O11/c1-11-26(3)25-59-38-23-32(16-17-34(38)49)19-29(6)42-31(8)36(51)24-37(52)33(12-2)20-27(4)41(48)28(5)21-39(57-9)43-40(58-10)22-30(7)47(56,61-43)44(53)45(54)50-18-14-13-15-35(50)46(55)60-42/h19-20,26,28,30-36,38-43,51,56H,11-18,21-25,49H2,1-10H3/b27-20+,29-19?. The number of esters is 1. The monoisotopic (exact) mass is 865 g/mol. The molecule has 61 heavy (non-hydrogen) atoms. The van der Waals surface area contributed by atoms with Crippen molar-refractivity contribution in [3.8, 4) is 0 Å². The molecule has 3 aliphatic heterocycles. The van der Waals surface area contributed by atoms with Crippen LogP contribution < -0.4 is 5.73 Å². The van der Waals surface area contributed by atoms with E-state index in [0.29, 0.717) is 49.4 Å². The Balaban J connectivity index is 1.76. The van der Waals surface area contributed by atoms with Crippen molar-refractivity contribution in [1.29, 1.82) is 0 Å². The number of amides is 1. The number of hydrogen-bond acceptors (Lipinski definition) is 12. The molecule has 16 unspecified atom stereocenters. The van der Waals surface area contributed by atoms with Gasteiger partial charge in [-0.2, -0.15) is 0 Å². The molecule has 16 atom stereocenters. The molecule has 0 aromatic rings. The number of hydrogen-bond donors (Lipinski definition) is 3. The highest BCUT2D eigenvalue weighted by atomic mass is 19.1. The number of aliphatic hydroxyl groups excluding tert-OH is 1. The lowest BCUT2D eigenvalue weighted by Crippen LogP contribution is -2.64. The zero-order chi connectivity index (χ0) is 45.3. The molecule has 13 nitrogen and oxygen atoms in total. The molecule has 3 heterocycles. The Morgan fingerprint density at radius 1 is 1.03 bits per heavy atom. The molecular weight excluding hydrogens is 788 g/mol. The van der Waals surface area contributed by atoms with Gasteiger partial charge in [-0.25, -0.2) is 9.18 Å². The zero-order valence-corrected chi connectivity index (χ0v) is 38.5. The van der Waals surface area contributed by atoms with Gasteiger partial charge in [-0.05, 0) is 101 Å². The van der Waals surface area contributed by atoms with Crippen molar-refractivity contribution in [1.82, 2.24) is 4.90 Å². The van der Waals surface area contributed by atoms with E-state index in [4.69, 9.17) is 29.4 Å². The quantitative estimate of drug-likeness (QED) is 0.144. The number of nitrogens with two attached hydrogens (primary N) is 1. The number of piperidine rings is 1. The fourth-order valence-electron chi connectivity index (χ4n) is 9.68. The van der Waals surface area contributed by atoms with Crippen molar-refractivity contribution in [2.24, 2.45) is 41.2 Å². The van der Waals surface area contributed by atoms with Crippen molar-refractivity contribution in [2.45, 2.75) is 187 Å². The molecule has 4 aliphatic rings. The number of cyclic esters (lactones) is 1. The van der Waals surface area contributed by atoms with Gasteiger partial charge in [0.2, 0.25) is 5.79 Å². The van der Waals surface area contributed by atoms with E-state index >= 15 is 4.39 Å². The number of alkyl halides is 1. The minimum absolute atomic E-state index is 0.0352. The minimum atomic E-state index is -2.60. The van der Waals surface area contributed by atoms with Gasteiger partial charge in [0.15, 0.2) is 0 Å². The van der Waals surface area contributed by atoms with E-state index in [1.54, 1.807) is 33.8 Å². The third-order valence-corrected chi connectivity index (χ3v) is 14.2. The summed E-state index contributed by atoms with van der Waals surface area (Å²) in [5.74, 6) is -8.53. The Bertz CT molecular complexity index is 1560. The molecule has 0 aromatic carbocycles. The number of halogens is 1. The highest BCUT2D eigenvalue weighted by Crippen LogP contribution is 2.39. The molecule has 0 radical (unpaired) electrons. The first kappa shape index (κ1) is 51.0. The average Bonchev–Trinajstić information content (AvgIpc) is 3.25. The van der Waals surface area contributed by atoms with E-state index in [0.717, 1.165) is 24.2 Å². The summed E-state index contributed by atoms with van der Waals surface area (Å²) in [6.07, 6.45) is 1.97. The van der Waals surface area contributed by atoms with Crippen molar-refractivity contribution in [2.75, 3.05) is 27.4 Å². The first-order valence-electron chi connectivity index (χ1n) is 22.9. The van der Waals surface area contributed by atoms with E-state index in [1.807, 2.05) is 19.9 Å². The molecule has 1 aliphatic carbocycles. The molecule has 0 aromatic heterocycles. The lowest BCUT2D eigenvalue weighted by molar-refractivity contribution is -0.302. The third kappa shape index (κ3) is 12.4. The number of fused-ring (bicyclic) bond motifs is 3. The first-order valence-corrected chi connectivity index (χ1v) is 22.9. The number of ketones is 2. The van der Waals surface area contributed by atoms with Gasteiger partial charge in [0.25, 0.3) is 11.7 Å². The third-order valence-electron chi connectivity index (χ3n) is 14.2. The Morgan fingerprint density at radius 3 is 2.34 bits per heavy atom. The maximum absolute atomic E-state index is 16.3. The predicted molar refractivity (Wildman–Crippen MR) is 229 cm³/mol. The van der Waals surface area contributed by atoms with Gasteiger partial charge < -0.3 is 44.5 Å². The number of rotatable bonds is 9. The van der Waals surface area contributed by atoms with Crippen LogP contribution in [0.15, 0.2) is 23.3 Å². The van der Waals surface area contributed by atoms with Crippen molar-refractivity contribution in [3.63, 3.8) is 0 Å². The minimum Gasteiger partial charge on any atom is -0.456 e. The van der Waals surface area contributed by atoms with Crippen LogP contribution in [0.5, 0.6) is 0 Å². The lowest BCUT2D eigenvalue weighted by Gasteiger charge is -2.47. The number of ether oxygens (including phenoxy) is 5. The van der Waals surface area contributed by atoms with E-state index in [-0.39, 0.29) is 56.1 Å². The molecule has 2 saturated heterocycles. The SMILES string of the molecule is CCC(C)COC1CC(C=C(C)C2OC(=O)C3CCCCN3C(=O)C(=O)C3(O)OC(C(OC)CC(C)C(F)/C(C)=C/C(CC)C(=O)CC(O)C2C)C(OC)CC3C)CCC1N. The first-order chi connectivity index (χ1) is 28.8. The normalized spacial score (nSPS) is 40.9. The van der Waals surface area contributed by atoms with Gasteiger partial charge in [-0.3, -0.25) is 14.4 Å². The van der Waals surface area contributed by atoms with Crippen molar-refractivity contribution < 1.29 is 57.5 Å². The van der Waals surface area contributed by atoms with E-state index in [9.17, 15) is 29.4 Å². The average molecular weight is 865 g/mol. The van der Waals surface area contributed by atoms with E-state index < -0.39 is 89.9 Å². The van der Waals surface area contributed by atoms with Crippen molar-refractivity contribution >= 4 is 23.4 Å². The van der Waals surface area contributed by atoms with Gasteiger partial charge in [-0.15, -0.1) is 0 Å². The number of allylic oxidation sites excluding steroid dienone is 3. The number of nitrogens with zero attached hydrogens (tertiary/aromatic N) is 1. The number of aliphatic hydroxyl groups is 2. The lowest BCUT2D eigenvalue weighted by atomic mass is 9.81. The molecule has 348 valence electrons. The Kier molecular flexibility index (Phi) is 19.1. The maximum Gasteiger partial charge on any atom is 0.329 e. The van der Waals surface area contributed by atoms with Gasteiger partial charge in [0.1, 0.15) is 30.2 Å². The summed E-state index contributed by atoms with van der Waals surface area (Å²) in [5, 5.41) is 23.8. The molecule has 3 fully saturated rings. The largest absolute Gasteiger partial charge is 0.456 e. The summed E-state index contributed by atoms with van der Waals surface area (Å²) in [5.41, 5.74) is 7.51. The number of carbonyl (C=O) groups is 4. The van der Waals surface area contributed by atoms with E-state index in [1.165, 1.54) is 14.2 Å². The zero-order valence-electron chi connectivity index (χ0n) is 38.5. The van der Waals surface area contributed by atoms with Crippen LogP contribution in [0.2, 0.25) is 0 Å². The van der Waals surface area contributed by atoms with E-state index in [2.05, 4.69) is 13.8 Å². The Hall–Kier alpha value is -2.59. The summed E-state index contributed by atoms with van der Waals surface area (Å²) < 4.78 is 46.6. The molecule has 4 rings (SSSR count). The second kappa shape index (κ2) is 22.9. The number of Topliss-reactive ketones (excluding diaryl/α,β-unsaturated/α-hetero) is 2. The fraction of sp³-hybridized carbons (Fsp3) is 0.830. The smallest absolute Gasteiger partial charge is 0.329 e. The van der Waals surface area contributed by atoms with Crippen LogP contribution in [0.1, 0.15) is 126 Å². The van der Waals surface area contributed by atoms with Crippen LogP contribution in [-0.2, 0) is 42.9 Å². The van der Waals surface area contributed by atoms with Gasteiger partial charge >= 0.3 is 5.97 Å². The molecule has 2 bridgehead atoms. The summed E-state index contributed by atoms with van der Waals surface area (Å²) in [4.78, 5) is 58.0. The van der Waals surface area contributed by atoms with Gasteiger partial charge in [0, 0.05) is 57.6 Å². The number of methoxy groups -OCH3 is 2. The van der Waals surface area contributed by atoms with Crippen LogP contribution >= 0.6 is 0 Å². The molecule has 0 spiro atoms. The summed E-state index contributed by atoms with van der Waals surface area (Å²) in [7, 11) is 2.89. The topological polar surface area (TPSA) is 184 Å². The second-order valence-electron chi connectivity index (χ2n) is 18.8. The van der Waals surface area contributed by atoms with Crippen LogP contribution in [0, 0.1) is 35.5 Å². The van der Waals surface area contributed by atoms with Crippen LogP contribution in [0.25, 0.3) is 0 Å². The Morgan fingerprint density at radius 2 is 1.70 bits per heavy atom. The number of carbonyl (C=O) groups excluding carboxylic acids is 4. The maximum atomic E-state index is 16.3. The summed E-state index contributed by atoms with van der Waals surface area (Å²) in [6, 6.07) is -1.28.